The lowest BCUT2D eigenvalue weighted by atomic mass is 9.85. The van der Waals surface area contributed by atoms with Crippen molar-refractivity contribution in [2.75, 3.05) is 6.54 Å². The first-order valence-corrected chi connectivity index (χ1v) is 7.06. The molecule has 2 N–H and O–H groups in total. The van der Waals surface area contributed by atoms with Gasteiger partial charge >= 0.3 is 0 Å². The molecule has 2 aliphatic rings. The Kier molecular flexibility index (Phi) is 4.08. The number of amides is 1. The van der Waals surface area contributed by atoms with Crippen molar-refractivity contribution in [1.29, 1.82) is 0 Å². The Bertz CT molecular complexity index is 263. The van der Waals surface area contributed by atoms with Gasteiger partial charge in [-0.05, 0) is 44.4 Å². The molecule has 0 bridgehead atoms. The van der Waals surface area contributed by atoms with Crippen molar-refractivity contribution >= 4 is 5.91 Å². The molecule has 0 atom stereocenters. The standard InChI is InChI=1S/C14H25NO2/c1-14(8-2-3-9-14)13(17)15-10-11-4-6-12(16)7-5-11/h11-12,16H,2-10H2,1H3,(H,15,17). The summed E-state index contributed by atoms with van der Waals surface area (Å²) >= 11 is 0. The van der Waals surface area contributed by atoms with E-state index >= 15 is 0 Å². The fraction of sp³-hybridized carbons (Fsp3) is 0.929. The monoisotopic (exact) mass is 239 g/mol. The van der Waals surface area contributed by atoms with Crippen LogP contribution in [-0.2, 0) is 4.79 Å². The van der Waals surface area contributed by atoms with Crippen LogP contribution in [0, 0.1) is 11.3 Å². The highest BCUT2D eigenvalue weighted by Crippen LogP contribution is 2.37. The van der Waals surface area contributed by atoms with Gasteiger partial charge < -0.3 is 10.4 Å². The normalized spacial score (nSPS) is 32.4. The predicted octanol–water partition coefficient (Wildman–Crippen LogP) is 2.23. The topological polar surface area (TPSA) is 49.3 Å². The molecule has 0 unspecified atom stereocenters. The second-order valence-corrected chi connectivity index (χ2v) is 6.15. The van der Waals surface area contributed by atoms with Crippen molar-refractivity contribution in [1.82, 2.24) is 5.32 Å². The quantitative estimate of drug-likeness (QED) is 0.793. The van der Waals surface area contributed by atoms with Crippen LogP contribution in [0.3, 0.4) is 0 Å². The molecule has 2 fully saturated rings. The number of carbonyl (C=O) groups is 1. The zero-order valence-corrected chi connectivity index (χ0v) is 10.9. The van der Waals surface area contributed by atoms with Crippen LogP contribution in [0.1, 0.15) is 58.3 Å². The first-order chi connectivity index (χ1) is 8.10. The van der Waals surface area contributed by atoms with E-state index in [4.69, 9.17) is 0 Å². The lowest BCUT2D eigenvalue weighted by Gasteiger charge is -2.28. The summed E-state index contributed by atoms with van der Waals surface area (Å²) in [6.45, 7) is 2.90. The Morgan fingerprint density at radius 3 is 2.41 bits per heavy atom. The molecule has 17 heavy (non-hydrogen) atoms. The highest BCUT2D eigenvalue weighted by molar-refractivity contribution is 5.82. The maximum atomic E-state index is 12.1. The van der Waals surface area contributed by atoms with E-state index in [9.17, 15) is 9.90 Å². The average molecular weight is 239 g/mol. The fourth-order valence-electron chi connectivity index (χ4n) is 3.18. The Hall–Kier alpha value is -0.570. The lowest BCUT2D eigenvalue weighted by molar-refractivity contribution is -0.130. The van der Waals surface area contributed by atoms with Gasteiger partial charge in [-0.1, -0.05) is 19.8 Å². The summed E-state index contributed by atoms with van der Waals surface area (Å²) in [7, 11) is 0. The van der Waals surface area contributed by atoms with Crippen molar-refractivity contribution in [3.63, 3.8) is 0 Å². The summed E-state index contributed by atoms with van der Waals surface area (Å²) in [4.78, 5) is 12.1. The summed E-state index contributed by atoms with van der Waals surface area (Å²) in [6, 6.07) is 0. The van der Waals surface area contributed by atoms with Crippen molar-refractivity contribution in [2.45, 2.75) is 64.4 Å². The molecule has 0 aromatic carbocycles. The van der Waals surface area contributed by atoms with Crippen LogP contribution in [0.2, 0.25) is 0 Å². The van der Waals surface area contributed by atoms with Gasteiger partial charge in [0.25, 0.3) is 0 Å². The van der Waals surface area contributed by atoms with E-state index in [1.807, 2.05) is 0 Å². The molecule has 0 aliphatic heterocycles. The molecule has 3 nitrogen and oxygen atoms in total. The van der Waals surface area contributed by atoms with Crippen molar-refractivity contribution in [3.8, 4) is 0 Å². The van der Waals surface area contributed by atoms with E-state index in [1.54, 1.807) is 0 Å². The SMILES string of the molecule is CC1(C(=O)NCC2CCC(O)CC2)CCCC1. The zero-order valence-electron chi connectivity index (χ0n) is 10.9. The van der Waals surface area contributed by atoms with E-state index < -0.39 is 0 Å². The summed E-state index contributed by atoms with van der Waals surface area (Å²) in [5.74, 6) is 0.827. The molecule has 98 valence electrons. The maximum Gasteiger partial charge on any atom is 0.225 e. The first-order valence-electron chi connectivity index (χ1n) is 7.06. The highest BCUT2D eigenvalue weighted by atomic mass is 16.3. The molecule has 2 rings (SSSR count). The van der Waals surface area contributed by atoms with Crippen molar-refractivity contribution in [2.24, 2.45) is 11.3 Å². The number of hydrogen-bond acceptors (Lipinski definition) is 2. The molecule has 0 spiro atoms. The highest BCUT2D eigenvalue weighted by Gasteiger charge is 2.36. The molecule has 1 amide bonds. The number of aliphatic hydroxyl groups excluding tert-OH is 1. The Morgan fingerprint density at radius 2 is 1.82 bits per heavy atom. The minimum atomic E-state index is -0.103. The number of hydrogen-bond donors (Lipinski definition) is 2. The van der Waals surface area contributed by atoms with Gasteiger partial charge in [-0.2, -0.15) is 0 Å². The number of rotatable bonds is 3. The van der Waals surface area contributed by atoms with E-state index in [0.29, 0.717) is 5.92 Å². The molecular formula is C14H25NO2. The van der Waals surface area contributed by atoms with Crippen molar-refractivity contribution < 1.29 is 9.90 Å². The second kappa shape index (κ2) is 5.38. The third-order valence-corrected chi connectivity index (χ3v) is 4.62. The van der Waals surface area contributed by atoms with Gasteiger partial charge in [-0.15, -0.1) is 0 Å². The molecule has 0 saturated heterocycles. The van der Waals surface area contributed by atoms with E-state index in [-0.39, 0.29) is 17.4 Å². The third kappa shape index (κ3) is 3.21. The summed E-state index contributed by atoms with van der Waals surface area (Å²) in [6.07, 6.45) is 8.28. The number of aliphatic hydroxyl groups is 1. The van der Waals surface area contributed by atoms with Gasteiger partial charge in [-0.25, -0.2) is 0 Å². The Balaban J connectivity index is 1.72. The van der Waals surface area contributed by atoms with Crippen LogP contribution in [0.15, 0.2) is 0 Å². The van der Waals surface area contributed by atoms with Crippen LogP contribution in [-0.4, -0.2) is 23.7 Å². The largest absolute Gasteiger partial charge is 0.393 e. The fourth-order valence-corrected chi connectivity index (χ4v) is 3.18. The zero-order chi connectivity index (χ0) is 12.3. The van der Waals surface area contributed by atoms with Crippen LogP contribution >= 0.6 is 0 Å². The van der Waals surface area contributed by atoms with E-state index in [0.717, 1.165) is 45.1 Å². The molecule has 0 heterocycles. The lowest BCUT2D eigenvalue weighted by Crippen LogP contribution is -2.40. The molecular weight excluding hydrogens is 214 g/mol. The summed E-state index contributed by atoms with van der Waals surface area (Å²) < 4.78 is 0. The van der Waals surface area contributed by atoms with Crippen LogP contribution in [0.5, 0.6) is 0 Å². The average Bonchev–Trinajstić information content (AvgIpc) is 2.76. The third-order valence-electron chi connectivity index (χ3n) is 4.62. The van der Waals surface area contributed by atoms with E-state index in [1.165, 1.54) is 12.8 Å². The Labute approximate surface area is 104 Å². The molecule has 2 aliphatic carbocycles. The van der Waals surface area contributed by atoms with Crippen molar-refractivity contribution in [3.05, 3.63) is 0 Å². The van der Waals surface area contributed by atoms with Crippen LogP contribution in [0.25, 0.3) is 0 Å². The summed E-state index contributed by atoms with van der Waals surface area (Å²) in [5.41, 5.74) is -0.103. The number of nitrogens with one attached hydrogen (secondary N) is 1. The summed E-state index contributed by atoms with van der Waals surface area (Å²) in [5, 5.41) is 12.6. The van der Waals surface area contributed by atoms with Crippen LogP contribution in [0.4, 0.5) is 0 Å². The number of carbonyl (C=O) groups excluding carboxylic acids is 1. The van der Waals surface area contributed by atoms with Gasteiger partial charge in [-0.3, -0.25) is 4.79 Å². The van der Waals surface area contributed by atoms with E-state index in [2.05, 4.69) is 12.2 Å². The molecule has 3 heteroatoms. The Morgan fingerprint density at radius 1 is 1.24 bits per heavy atom. The molecule has 0 aromatic heterocycles. The predicted molar refractivity (Wildman–Crippen MR) is 67.5 cm³/mol. The maximum absolute atomic E-state index is 12.1. The van der Waals surface area contributed by atoms with Gasteiger partial charge in [0.05, 0.1) is 6.10 Å². The molecule has 0 radical (unpaired) electrons. The minimum absolute atomic E-state index is 0.102. The smallest absolute Gasteiger partial charge is 0.225 e. The van der Waals surface area contributed by atoms with Crippen LogP contribution < -0.4 is 5.32 Å². The molecule has 2 saturated carbocycles. The van der Waals surface area contributed by atoms with Gasteiger partial charge in [0, 0.05) is 12.0 Å². The first kappa shape index (κ1) is 12.9. The minimum Gasteiger partial charge on any atom is -0.393 e. The second-order valence-electron chi connectivity index (χ2n) is 6.15. The molecule has 0 aromatic rings. The van der Waals surface area contributed by atoms with Gasteiger partial charge in [0.2, 0.25) is 5.91 Å². The van der Waals surface area contributed by atoms with Gasteiger partial charge in [0.15, 0.2) is 0 Å². The van der Waals surface area contributed by atoms with Gasteiger partial charge in [0.1, 0.15) is 0 Å².